The smallest absolute Gasteiger partial charge is 0.321 e. The molecule has 0 saturated heterocycles. The maximum Gasteiger partial charge on any atom is 0.321 e. The first-order valence-corrected chi connectivity index (χ1v) is 13.9. The number of ether oxygens (including phenoxy) is 1. The number of benzene rings is 3. The van der Waals surface area contributed by atoms with Crippen LogP contribution in [0, 0.1) is 0 Å². The van der Waals surface area contributed by atoms with Crippen molar-refractivity contribution in [1.82, 2.24) is 10.0 Å². The van der Waals surface area contributed by atoms with Gasteiger partial charge in [-0.15, -0.1) is 0 Å². The Kier molecular flexibility index (Phi) is 8.88. The summed E-state index contributed by atoms with van der Waals surface area (Å²) >= 11 is 5.82. The maximum atomic E-state index is 13.0. The van der Waals surface area contributed by atoms with Crippen molar-refractivity contribution in [1.29, 1.82) is 0 Å². The summed E-state index contributed by atoms with van der Waals surface area (Å²) in [6.45, 7) is 0.542. The van der Waals surface area contributed by atoms with Crippen LogP contribution >= 0.6 is 11.6 Å². The third kappa shape index (κ3) is 7.03. The van der Waals surface area contributed by atoms with Crippen molar-refractivity contribution in [3.05, 3.63) is 71.8 Å². The number of unbranched alkanes of at least 4 members (excludes halogenated alkanes) is 1. The van der Waals surface area contributed by atoms with E-state index in [-0.39, 0.29) is 30.3 Å². The number of amides is 1. The lowest BCUT2D eigenvalue weighted by molar-refractivity contribution is -0.139. The van der Waals surface area contributed by atoms with Crippen LogP contribution in [-0.2, 0) is 19.6 Å². The molecule has 4 rings (SSSR count). The van der Waals surface area contributed by atoms with Crippen molar-refractivity contribution in [2.75, 3.05) is 13.2 Å². The zero-order chi connectivity index (χ0) is 27.1. The van der Waals surface area contributed by atoms with Gasteiger partial charge in [0.05, 0.1) is 17.9 Å². The number of furan rings is 1. The second kappa shape index (κ2) is 12.3. The lowest BCUT2D eigenvalue weighted by Gasteiger charge is -2.15. The Hall–Kier alpha value is -3.60. The largest absolute Gasteiger partial charge is 0.493 e. The van der Waals surface area contributed by atoms with Crippen LogP contribution in [0.3, 0.4) is 0 Å². The number of hydrogen-bond acceptors (Lipinski definition) is 6. The molecule has 1 unspecified atom stereocenters. The van der Waals surface area contributed by atoms with Gasteiger partial charge < -0.3 is 19.6 Å². The van der Waals surface area contributed by atoms with Gasteiger partial charge in [0.15, 0.2) is 0 Å². The molecule has 0 saturated carbocycles. The van der Waals surface area contributed by atoms with Gasteiger partial charge in [-0.1, -0.05) is 29.8 Å². The number of sulfonamides is 1. The summed E-state index contributed by atoms with van der Waals surface area (Å²) in [5, 5.41) is 14.3. The van der Waals surface area contributed by atoms with Gasteiger partial charge >= 0.3 is 5.97 Å². The summed E-state index contributed by atoms with van der Waals surface area (Å²) in [4.78, 5) is 23.7. The van der Waals surface area contributed by atoms with Crippen molar-refractivity contribution < 1.29 is 32.3 Å². The molecular formula is C27H27ClN2O7S. The predicted molar refractivity (Wildman–Crippen MR) is 144 cm³/mol. The van der Waals surface area contributed by atoms with Crippen LogP contribution in [0.5, 0.6) is 5.75 Å². The minimum atomic E-state index is -4.10. The third-order valence-corrected chi connectivity index (χ3v) is 7.63. The van der Waals surface area contributed by atoms with E-state index in [1.807, 2.05) is 18.2 Å². The van der Waals surface area contributed by atoms with Gasteiger partial charge in [-0.2, -0.15) is 4.72 Å². The van der Waals surface area contributed by atoms with Crippen LogP contribution < -0.4 is 14.8 Å². The normalized spacial score (nSPS) is 12.4. The minimum absolute atomic E-state index is 0.0455. The molecule has 4 aromatic rings. The Labute approximate surface area is 224 Å². The number of carbonyl (C=O) groups excluding carboxylic acids is 1. The molecule has 38 heavy (non-hydrogen) atoms. The summed E-state index contributed by atoms with van der Waals surface area (Å²) in [7, 11) is -4.10. The molecule has 1 amide bonds. The molecule has 200 valence electrons. The number of carboxylic acids is 1. The van der Waals surface area contributed by atoms with Crippen LogP contribution in [0.25, 0.3) is 21.9 Å². The van der Waals surface area contributed by atoms with Crippen molar-refractivity contribution >= 4 is 55.4 Å². The summed E-state index contributed by atoms with van der Waals surface area (Å²) in [5.41, 5.74) is 1.17. The second-order valence-electron chi connectivity index (χ2n) is 8.67. The van der Waals surface area contributed by atoms with E-state index in [2.05, 4.69) is 10.0 Å². The second-order valence-corrected chi connectivity index (χ2v) is 10.8. The highest BCUT2D eigenvalue weighted by molar-refractivity contribution is 7.89. The fourth-order valence-electron chi connectivity index (χ4n) is 3.94. The lowest BCUT2D eigenvalue weighted by atomic mass is 10.1. The van der Waals surface area contributed by atoms with Gasteiger partial charge in [-0.25, -0.2) is 8.42 Å². The van der Waals surface area contributed by atoms with Crippen LogP contribution in [0.1, 0.15) is 25.7 Å². The Morgan fingerprint density at radius 2 is 1.71 bits per heavy atom. The van der Waals surface area contributed by atoms with Crippen molar-refractivity contribution in [3.8, 4) is 5.75 Å². The average molecular weight is 559 g/mol. The number of nitrogens with one attached hydrogen (secondary N) is 2. The van der Waals surface area contributed by atoms with Gasteiger partial charge in [0.1, 0.15) is 23.0 Å². The van der Waals surface area contributed by atoms with E-state index in [0.717, 1.165) is 5.39 Å². The number of hydrogen-bond donors (Lipinski definition) is 3. The Morgan fingerprint density at radius 1 is 0.974 bits per heavy atom. The highest BCUT2D eigenvalue weighted by Crippen LogP contribution is 2.30. The SMILES string of the molecule is O=C(CCOc1ccc(Cl)cc1)NCCCCC(NS(=O)(=O)c1ccc2oc3ccccc3c2c1)C(=O)O. The molecule has 1 aromatic heterocycles. The first kappa shape index (κ1) is 27.4. The van der Waals surface area contributed by atoms with Gasteiger partial charge in [-0.3, -0.25) is 9.59 Å². The zero-order valence-corrected chi connectivity index (χ0v) is 21.9. The number of carbonyl (C=O) groups is 2. The van der Waals surface area contributed by atoms with Crippen molar-refractivity contribution in [2.45, 2.75) is 36.6 Å². The monoisotopic (exact) mass is 558 g/mol. The molecule has 3 aromatic carbocycles. The molecule has 0 spiro atoms. The topological polar surface area (TPSA) is 135 Å². The standard InChI is InChI=1S/C27H27ClN2O7S/c28-18-8-10-19(11-9-18)36-16-14-26(31)29-15-4-3-6-23(27(32)33)30-38(34,35)20-12-13-25-22(17-20)21-5-1-2-7-24(21)37-25/h1-2,5,7-13,17,23,30H,3-4,6,14-16H2,(H,29,31)(H,32,33). The lowest BCUT2D eigenvalue weighted by Crippen LogP contribution is -2.40. The van der Waals surface area contributed by atoms with E-state index in [9.17, 15) is 23.1 Å². The zero-order valence-electron chi connectivity index (χ0n) is 20.4. The predicted octanol–water partition coefficient (Wildman–Crippen LogP) is 4.73. The van der Waals surface area contributed by atoms with Gasteiger partial charge in [0, 0.05) is 22.3 Å². The first-order valence-electron chi connectivity index (χ1n) is 12.0. The summed E-state index contributed by atoms with van der Waals surface area (Å²) in [5.74, 6) is -0.856. The summed E-state index contributed by atoms with van der Waals surface area (Å²) < 4.78 is 39.4. The quantitative estimate of drug-likeness (QED) is 0.202. The minimum Gasteiger partial charge on any atom is -0.493 e. The van der Waals surface area contributed by atoms with Crippen molar-refractivity contribution in [2.24, 2.45) is 0 Å². The number of para-hydroxylation sites is 1. The van der Waals surface area contributed by atoms with Crippen LogP contribution in [0.15, 0.2) is 76.0 Å². The van der Waals surface area contributed by atoms with E-state index >= 15 is 0 Å². The molecule has 0 radical (unpaired) electrons. The summed E-state index contributed by atoms with van der Waals surface area (Å²) in [6, 6.07) is 17.2. The van der Waals surface area contributed by atoms with E-state index in [0.29, 0.717) is 46.7 Å². The van der Waals surface area contributed by atoms with E-state index in [4.69, 9.17) is 20.8 Å². The number of aliphatic carboxylic acids is 1. The number of carboxylic acid groups (broad SMARTS) is 1. The number of fused-ring (bicyclic) bond motifs is 3. The maximum absolute atomic E-state index is 13.0. The molecule has 0 aliphatic rings. The molecule has 1 atom stereocenters. The number of rotatable bonds is 13. The molecule has 3 N–H and O–H groups in total. The average Bonchev–Trinajstić information content (AvgIpc) is 3.27. The molecule has 1 heterocycles. The van der Waals surface area contributed by atoms with Crippen LogP contribution in [0.2, 0.25) is 5.02 Å². The van der Waals surface area contributed by atoms with Crippen LogP contribution in [-0.4, -0.2) is 44.6 Å². The van der Waals surface area contributed by atoms with E-state index < -0.39 is 22.0 Å². The molecular weight excluding hydrogens is 532 g/mol. The highest BCUT2D eigenvalue weighted by Gasteiger charge is 2.25. The molecule has 0 fully saturated rings. The molecule has 11 heteroatoms. The van der Waals surface area contributed by atoms with Crippen LogP contribution in [0.4, 0.5) is 0 Å². The Balaban J connectivity index is 1.24. The van der Waals surface area contributed by atoms with E-state index in [1.54, 1.807) is 36.4 Å². The van der Waals surface area contributed by atoms with Crippen molar-refractivity contribution in [3.63, 3.8) is 0 Å². The number of halogens is 1. The van der Waals surface area contributed by atoms with Gasteiger partial charge in [0.25, 0.3) is 0 Å². The first-order chi connectivity index (χ1) is 18.2. The molecule has 0 aliphatic heterocycles. The fourth-order valence-corrected chi connectivity index (χ4v) is 5.32. The van der Waals surface area contributed by atoms with Gasteiger partial charge in [-0.05, 0) is 67.8 Å². The molecule has 9 nitrogen and oxygen atoms in total. The Bertz CT molecular complexity index is 1530. The van der Waals surface area contributed by atoms with E-state index in [1.165, 1.54) is 12.1 Å². The Morgan fingerprint density at radius 3 is 2.47 bits per heavy atom. The molecule has 0 aliphatic carbocycles. The summed E-state index contributed by atoms with van der Waals surface area (Å²) in [6.07, 6.45) is 1.12. The molecule has 0 bridgehead atoms. The highest BCUT2D eigenvalue weighted by atomic mass is 35.5. The third-order valence-electron chi connectivity index (χ3n) is 5.91. The van der Waals surface area contributed by atoms with Gasteiger partial charge in [0.2, 0.25) is 15.9 Å². The fraction of sp³-hybridized carbons (Fsp3) is 0.259.